The lowest BCUT2D eigenvalue weighted by molar-refractivity contribution is -0.355. The van der Waals surface area contributed by atoms with Gasteiger partial charge in [0.2, 0.25) is 0 Å². The number of hydrazone groups is 1. The minimum atomic E-state index is -4.69. The highest BCUT2D eigenvalue weighted by molar-refractivity contribution is 5.88. The lowest BCUT2D eigenvalue weighted by Crippen LogP contribution is -2.34. The van der Waals surface area contributed by atoms with E-state index >= 15 is 0 Å². The molecule has 2 N–H and O–H groups in total. The first kappa shape index (κ1) is 23.6. The molecular formula is C25H26F3N5O. The Balaban J connectivity index is 1.38. The zero-order chi connectivity index (χ0) is 24.3. The van der Waals surface area contributed by atoms with Crippen LogP contribution in [0.5, 0.6) is 0 Å². The molecule has 1 aliphatic carbocycles. The molecule has 0 aliphatic heterocycles. The van der Waals surface area contributed by atoms with Gasteiger partial charge in [-0.1, -0.05) is 42.5 Å². The number of allylic oxidation sites excluding steroid dienone is 2. The molecule has 0 radical (unpaired) electrons. The molecule has 1 unspecified atom stereocenters. The Morgan fingerprint density at radius 2 is 1.97 bits per heavy atom. The van der Waals surface area contributed by atoms with E-state index in [1.807, 2.05) is 30.5 Å². The van der Waals surface area contributed by atoms with Crippen LogP contribution in [0.1, 0.15) is 30.0 Å². The Kier molecular flexibility index (Phi) is 6.47. The largest absolute Gasteiger partial charge is 0.523 e. The summed E-state index contributed by atoms with van der Waals surface area (Å²) in [6, 6.07) is 11.9. The van der Waals surface area contributed by atoms with Crippen LogP contribution in [0.15, 0.2) is 65.9 Å². The summed E-state index contributed by atoms with van der Waals surface area (Å²) in [6.45, 7) is 6.00. The number of halogens is 3. The highest BCUT2D eigenvalue weighted by Crippen LogP contribution is 2.33. The molecule has 1 heterocycles. The van der Waals surface area contributed by atoms with Gasteiger partial charge in [-0.25, -0.2) is 4.68 Å². The van der Waals surface area contributed by atoms with E-state index in [1.54, 1.807) is 23.0 Å². The van der Waals surface area contributed by atoms with Gasteiger partial charge in [0.15, 0.2) is 0 Å². The molecule has 34 heavy (non-hydrogen) atoms. The third-order valence-electron chi connectivity index (χ3n) is 5.60. The summed E-state index contributed by atoms with van der Waals surface area (Å²) in [5.74, 6) is 0. The smallest absolute Gasteiger partial charge is 0.366 e. The number of anilines is 1. The van der Waals surface area contributed by atoms with Crippen LogP contribution in [0.3, 0.4) is 0 Å². The fourth-order valence-corrected chi connectivity index (χ4v) is 3.85. The first-order valence-corrected chi connectivity index (χ1v) is 10.8. The van der Waals surface area contributed by atoms with E-state index in [0.29, 0.717) is 12.4 Å². The molecule has 0 saturated carbocycles. The Hall–Kier alpha value is -3.59. The van der Waals surface area contributed by atoms with Crippen LogP contribution in [-0.2, 0) is 4.74 Å². The summed E-state index contributed by atoms with van der Waals surface area (Å²) in [6.07, 6.45) is 3.65. The van der Waals surface area contributed by atoms with Crippen molar-refractivity contribution in [2.75, 3.05) is 12.0 Å². The maximum Gasteiger partial charge on any atom is 0.523 e. The average Bonchev–Trinajstić information content (AvgIpc) is 3.17. The Morgan fingerprint density at radius 1 is 1.21 bits per heavy atom. The van der Waals surface area contributed by atoms with Crippen LogP contribution in [0.4, 0.5) is 18.9 Å². The number of hydrogen-bond donors (Lipinski definition) is 2. The molecule has 0 saturated heterocycles. The number of benzene rings is 2. The van der Waals surface area contributed by atoms with Crippen LogP contribution in [0.25, 0.3) is 16.6 Å². The first-order chi connectivity index (χ1) is 16.1. The average molecular weight is 470 g/mol. The summed E-state index contributed by atoms with van der Waals surface area (Å²) in [7, 11) is 0. The molecule has 0 fully saturated rings. The van der Waals surface area contributed by atoms with Crippen molar-refractivity contribution in [1.82, 2.24) is 15.2 Å². The molecule has 178 valence electrons. The fraction of sp³-hybridized carbons (Fsp3) is 0.280. The van der Waals surface area contributed by atoms with Crippen LogP contribution in [-0.4, -0.2) is 34.6 Å². The maximum atomic E-state index is 12.6. The van der Waals surface area contributed by atoms with Gasteiger partial charge in [0.1, 0.15) is 6.67 Å². The van der Waals surface area contributed by atoms with E-state index in [4.69, 9.17) is 0 Å². The second kappa shape index (κ2) is 9.34. The van der Waals surface area contributed by atoms with Crippen molar-refractivity contribution in [1.29, 1.82) is 0 Å². The number of para-hydroxylation sites is 1. The predicted molar refractivity (Wildman–Crippen MR) is 128 cm³/mol. The second-order valence-electron chi connectivity index (χ2n) is 8.46. The number of nitrogens with zero attached hydrogens (tertiary/aromatic N) is 3. The van der Waals surface area contributed by atoms with E-state index in [1.165, 1.54) is 24.1 Å². The van der Waals surface area contributed by atoms with Gasteiger partial charge < -0.3 is 5.32 Å². The summed E-state index contributed by atoms with van der Waals surface area (Å²) >= 11 is 0. The molecule has 1 atom stereocenters. The highest BCUT2D eigenvalue weighted by Gasteiger charge is 2.39. The quantitative estimate of drug-likeness (QED) is 0.200. The third kappa shape index (κ3) is 5.66. The van der Waals surface area contributed by atoms with Crippen molar-refractivity contribution < 1.29 is 17.9 Å². The molecule has 0 amide bonds. The Morgan fingerprint density at radius 3 is 2.65 bits per heavy atom. The van der Waals surface area contributed by atoms with E-state index in [0.717, 1.165) is 22.2 Å². The molecule has 0 bridgehead atoms. The molecule has 6 nitrogen and oxygen atoms in total. The SMILES string of the molecule is Cc1cccc(C)c1NCN/N=C/c1ccc2cn(C3=CCC(C)(OC(F)(F)F)C=C3)nc2c1. The molecule has 2 aromatic carbocycles. The topological polar surface area (TPSA) is 63.5 Å². The lowest BCUT2D eigenvalue weighted by Gasteiger charge is -2.28. The van der Waals surface area contributed by atoms with E-state index < -0.39 is 12.0 Å². The predicted octanol–water partition coefficient (Wildman–Crippen LogP) is 5.74. The van der Waals surface area contributed by atoms with Gasteiger partial charge in [0.05, 0.1) is 23.0 Å². The standard InChI is InChI=1S/C25H26F3N5O/c1-17-5-4-6-18(2)23(17)29-16-31-30-14-19-7-8-20-15-33(32-22(20)13-19)21-9-11-24(3,12-10-21)34-25(26,27)28/h4-11,13-15,29,31H,12,16H2,1-3H3/b30-14+. The molecule has 1 aliphatic rings. The van der Waals surface area contributed by atoms with Gasteiger partial charge in [-0.05, 0) is 49.6 Å². The first-order valence-electron chi connectivity index (χ1n) is 10.8. The minimum Gasteiger partial charge on any atom is -0.366 e. The van der Waals surface area contributed by atoms with Crippen molar-refractivity contribution in [2.45, 2.75) is 39.2 Å². The third-order valence-corrected chi connectivity index (χ3v) is 5.60. The van der Waals surface area contributed by atoms with E-state index in [-0.39, 0.29) is 6.42 Å². The number of hydrogen-bond acceptors (Lipinski definition) is 5. The molecule has 9 heteroatoms. The van der Waals surface area contributed by atoms with Gasteiger partial charge >= 0.3 is 6.36 Å². The molecular weight excluding hydrogens is 443 g/mol. The number of aromatic nitrogens is 2. The number of aryl methyl sites for hydroxylation is 2. The van der Waals surface area contributed by atoms with Crippen molar-refractivity contribution in [3.05, 3.63) is 77.5 Å². The fourth-order valence-electron chi connectivity index (χ4n) is 3.85. The molecule has 4 rings (SSSR count). The summed E-state index contributed by atoms with van der Waals surface area (Å²) in [4.78, 5) is 0. The van der Waals surface area contributed by atoms with Crippen molar-refractivity contribution in [3.8, 4) is 0 Å². The van der Waals surface area contributed by atoms with Crippen LogP contribution in [0, 0.1) is 13.8 Å². The van der Waals surface area contributed by atoms with Crippen molar-refractivity contribution in [3.63, 3.8) is 0 Å². The van der Waals surface area contributed by atoms with Crippen molar-refractivity contribution in [2.24, 2.45) is 5.10 Å². The normalized spacial score (nSPS) is 18.5. The zero-order valence-electron chi connectivity index (χ0n) is 19.1. The van der Waals surface area contributed by atoms with Gasteiger partial charge in [0.25, 0.3) is 0 Å². The van der Waals surface area contributed by atoms with Gasteiger partial charge in [-0.2, -0.15) is 10.2 Å². The van der Waals surface area contributed by atoms with E-state index in [2.05, 4.69) is 51.7 Å². The van der Waals surface area contributed by atoms with Gasteiger partial charge in [-0.15, -0.1) is 13.2 Å². The number of alkyl halides is 3. The van der Waals surface area contributed by atoms with Crippen LogP contribution in [0.2, 0.25) is 0 Å². The van der Waals surface area contributed by atoms with Gasteiger partial charge in [0, 0.05) is 23.7 Å². The van der Waals surface area contributed by atoms with Gasteiger partial charge in [-0.3, -0.25) is 10.2 Å². The number of fused-ring (bicyclic) bond motifs is 1. The lowest BCUT2D eigenvalue weighted by atomic mass is 9.96. The maximum absolute atomic E-state index is 12.6. The van der Waals surface area contributed by atoms with Crippen LogP contribution < -0.4 is 10.7 Å². The van der Waals surface area contributed by atoms with Crippen LogP contribution >= 0.6 is 0 Å². The summed E-state index contributed by atoms with van der Waals surface area (Å²) in [5.41, 5.74) is 7.32. The number of rotatable bonds is 7. The monoisotopic (exact) mass is 469 g/mol. The minimum absolute atomic E-state index is 0.0915. The molecule has 0 spiro atoms. The van der Waals surface area contributed by atoms with Crippen molar-refractivity contribution >= 4 is 28.5 Å². The number of ether oxygens (including phenoxy) is 1. The second-order valence-corrected chi connectivity index (χ2v) is 8.46. The summed E-state index contributed by atoms with van der Waals surface area (Å²) < 4.78 is 43.7. The molecule has 3 aromatic rings. The Bertz CT molecular complexity index is 1260. The molecule has 1 aromatic heterocycles. The highest BCUT2D eigenvalue weighted by atomic mass is 19.4. The number of nitrogens with one attached hydrogen (secondary N) is 2. The summed E-state index contributed by atoms with van der Waals surface area (Å²) in [5, 5.41) is 13.1. The Labute approximate surface area is 195 Å². The van der Waals surface area contributed by atoms with E-state index in [9.17, 15) is 13.2 Å². The zero-order valence-corrected chi connectivity index (χ0v) is 19.1.